The number of hydrogen-bond donors (Lipinski definition) is 1. The summed E-state index contributed by atoms with van der Waals surface area (Å²) in [4.78, 5) is 0. The molecule has 2 saturated carbocycles. The summed E-state index contributed by atoms with van der Waals surface area (Å²) in [6.07, 6.45) is 22.8. The van der Waals surface area contributed by atoms with Gasteiger partial charge in [-0.1, -0.05) is 458 Å². The molecule has 0 radical (unpaired) electrons. The van der Waals surface area contributed by atoms with Crippen molar-refractivity contribution in [2.45, 2.75) is 280 Å². The van der Waals surface area contributed by atoms with Gasteiger partial charge < -0.3 is 5.11 Å². The van der Waals surface area contributed by atoms with E-state index in [-0.39, 0.29) is 0 Å². The van der Waals surface area contributed by atoms with Gasteiger partial charge in [0.2, 0.25) is 0 Å². The van der Waals surface area contributed by atoms with Gasteiger partial charge in [0, 0.05) is 0 Å². The largest absolute Gasteiger partial charge is 0.508 e. The molecule has 2 fully saturated rings. The highest BCUT2D eigenvalue weighted by Crippen LogP contribution is 2.44. The summed E-state index contributed by atoms with van der Waals surface area (Å²) < 4.78 is 0. The Kier molecular flexibility index (Phi) is 53.9. The monoisotopic (exact) mass is 1490 g/mol. The normalized spacial score (nSPS) is 12.2. The molecule has 0 saturated heterocycles. The van der Waals surface area contributed by atoms with Crippen molar-refractivity contribution in [3.8, 4) is 16.9 Å². The van der Waals surface area contributed by atoms with E-state index in [1.807, 2.05) is 45.9 Å². The van der Waals surface area contributed by atoms with Crippen molar-refractivity contribution in [1.82, 2.24) is 0 Å². The molecule has 2 aliphatic carbocycles. The lowest BCUT2D eigenvalue weighted by Gasteiger charge is -2.14. The van der Waals surface area contributed by atoms with E-state index < -0.39 is 0 Å². The van der Waals surface area contributed by atoms with Crippen LogP contribution in [-0.4, -0.2) is 5.11 Å². The fourth-order valence-electron chi connectivity index (χ4n) is 13.1. The highest BCUT2D eigenvalue weighted by atomic mass is 16.3. The molecule has 1 heteroatoms. The minimum atomic E-state index is 0.337. The Morgan fingerprint density at radius 2 is 0.468 bits per heavy atom. The number of phenols is 1. The van der Waals surface area contributed by atoms with Gasteiger partial charge in [0.15, 0.2) is 0 Å². The van der Waals surface area contributed by atoms with Crippen LogP contribution in [0.25, 0.3) is 43.4 Å². The molecule has 0 amide bonds. The van der Waals surface area contributed by atoms with Gasteiger partial charge in [-0.2, -0.15) is 0 Å². The van der Waals surface area contributed by atoms with Gasteiger partial charge in [-0.15, -0.1) is 0 Å². The van der Waals surface area contributed by atoms with E-state index in [1.54, 1.807) is 44.2 Å². The van der Waals surface area contributed by atoms with E-state index in [1.165, 1.54) is 141 Å². The molecule has 0 aromatic heterocycles. The Hall–Kier alpha value is -8.78. The molecule has 0 heterocycles. The number of benzene rings is 12. The fourth-order valence-corrected chi connectivity index (χ4v) is 13.1. The Morgan fingerprint density at radius 1 is 0.252 bits per heavy atom. The first-order valence-corrected chi connectivity index (χ1v) is 43.6. The molecule has 12 aromatic carbocycles. The van der Waals surface area contributed by atoms with Crippen LogP contribution in [0.1, 0.15) is 282 Å². The van der Waals surface area contributed by atoms with Crippen molar-refractivity contribution in [3.05, 3.63) is 340 Å². The van der Waals surface area contributed by atoms with Crippen LogP contribution in [0.15, 0.2) is 273 Å². The number of phenolic OH excluding ortho intramolecular Hbond substituents is 1. The van der Waals surface area contributed by atoms with E-state index in [9.17, 15) is 0 Å². The van der Waals surface area contributed by atoms with Crippen LogP contribution in [0, 0.1) is 11.8 Å². The van der Waals surface area contributed by atoms with Gasteiger partial charge >= 0.3 is 0 Å². The zero-order valence-electron chi connectivity index (χ0n) is 74.0. The van der Waals surface area contributed by atoms with Crippen molar-refractivity contribution in [1.29, 1.82) is 0 Å². The quantitative estimate of drug-likeness (QED) is 0.108. The first-order chi connectivity index (χ1) is 54.0. The predicted octanol–water partition coefficient (Wildman–Crippen LogP) is 33.7. The molecule has 0 atom stereocenters. The van der Waals surface area contributed by atoms with Gasteiger partial charge in [-0.05, 0) is 217 Å². The van der Waals surface area contributed by atoms with Crippen LogP contribution in [0.2, 0.25) is 0 Å². The van der Waals surface area contributed by atoms with E-state index >= 15 is 0 Å². The maximum Gasteiger partial charge on any atom is 0.115 e. The minimum absolute atomic E-state index is 0.337. The van der Waals surface area contributed by atoms with Crippen molar-refractivity contribution < 1.29 is 5.11 Å². The summed E-state index contributed by atoms with van der Waals surface area (Å²) in [5.74, 6) is 3.88. The summed E-state index contributed by atoms with van der Waals surface area (Å²) in [5, 5.41) is 17.3. The fraction of sp³-hybridized carbons (Fsp3) is 0.400. The molecule has 2 aliphatic rings. The second-order valence-corrected chi connectivity index (χ2v) is 29.1. The van der Waals surface area contributed by atoms with Gasteiger partial charge in [-0.25, -0.2) is 0 Å². The molecule has 0 aliphatic heterocycles. The summed E-state index contributed by atoms with van der Waals surface area (Å²) in [7, 11) is 0. The molecular formula is C110H152O. The van der Waals surface area contributed by atoms with Crippen LogP contribution in [0.4, 0.5) is 0 Å². The lowest BCUT2D eigenvalue weighted by molar-refractivity contribution is 0.475. The van der Waals surface area contributed by atoms with Gasteiger partial charge in [0.25, 0.3) is 0 Å². The molecule has 14 rings (SSSR count). The predicted molar refractivity (Wildman–Crippen MR) is 502 cm³/mol. The third-order valence-electron chi connectivity index (χ3n) is 19.6. The SMILES string of the molecule is C1CC2CCC1C2.CC.CC.CC(C)c1ccc(O)cc1.CC(C)c1ccccc1.CCC.CCC.CCC.CCc1c2ccccc2c(CC)c2ccccc12.CCc1ccc(-c2ccc(CC)cc2)cc1.CCc1ccc(CC)cc1.CCc1ccc(CCc2ccc(CC)cc2)cc1.c1ccc2ccccc2c1. The molecule has 12 aromatic rings. The molecular weight excluding hydrogens is 1340 g/mol. The Labute approximate surface area is 681 Å². The third-order valence-corrected chi connectivity index (χ3v) is 19.6. The van der Waals surface area contributed by atoms with Crippen molar-refractivity contribution in [2.24, 2.45) is 11.8 Å². The first kappa shape index (κ1) is 98.3. The summed E-state index contributed by atoms with van der Waals surface area (Å²) in [5.41, 5.74) is 19.6. The van der Waals surface area contributed by atoms with Crippen molar-refractivity contribution in [2.75, 3.05) is 0 Å². The van der Waals surface area contributed by atoms with Gasteiger partial charge in [0.05, 0.1) is 0 Å². The van der Waals surface area contributed by atoms with Crippen LogP contribution in [0.3, 0.4) is 0 Å². The summed E-state index contributed by atoms with van der Waals surface area (Å²) in [6, 6.07) is 96.7. The smallest absolute Gasteiger partial charge is 0.115 e. The lowest BCUT2D eigenvalue weighted by Crippen LogP contribution is -1.93. The number of fused-ring (bicyclic) bond motifs is 5. The zero-order valence-corrected chi connectivity index (χ0v) is 74.0. The molecule has 111 heavy (non-hydrogen) atoms. The third kappa shape index (κ3) is 37.9. The molecule has 2 bridgehead atoms. The highest BCUT2D eigenvalue weighted by molar-refractivity contribution is 6.05. The van der Waals surface area contributed by atoms with E-state index in [0.29, 0.717) is 17.6 Å². The maximum atomic E-state index is 8.94. The highest BCUT2D eigenvalue weighted by Gasteiger charge is 2.30. The van der Waals surface area contributed by atoms with Crippen molar-refractivity contribution in [3.63, 3.8) is 0 Å². The second kappa shape index (κ2) is 60.9. The van der Waals surface area contributed by atoms with Gasteiger partial charge in [-0.3, -0.25) is 0 Å². The Morgan fingerprint density at radius 3 is 0.676 bits per heavy atom. The molecule has 1 N–H and O–H groups in total. The summed E-state index contributed by atoms with van der Waals surface area (Å²) >= 11 is 0. The molecule has 0 unspecified atom stereocenters. The van der Waals surface area contributed by atoms with Crippen LogP contribution in [-0.2, 0) is 64.2 Å². The number of aryl methyl sites for hydroxylation is 10. The zero-order chi connectivity index (χ0) is 82.0. The molecule has 1 nitrogen and oxygen atoms in total. The maximum absolute atomic E-state index is 8.94. The average Bonchev–Trinajstić information content (AvgIpc) is 1.13. The summed E-state index contributed by atoms with van der Waals surface area (Å²) in [6.45, 7) is 47.1. The minimum Gasteiger partial charge on any atom is -0.508 e. The number of hydrogen-bond acceptors (Lipinski definition) is 1. The second-order valence-electron chi connectivity index (χ2n) is 29.1. The molecule has 0 spiro atoms. The van der Waals surface area contributed by atoms with Crippen molar-refractivity contribution >= 4 is 32.3 Å². The average molecular weight is 1490 g/mol. The van der Waals surface area contributed by atoms with E-state index in [2.05, 4.69) is 367 Å². The Balaban J connectivity index is 0.000000427. The molecule has 598 valence electrons. The lowest BCUT2D eigenvalue weighted by atomic mass is 9.90. The van der Waals surface area contributed by atoms with Crippen LogP contribution >= 0.6 is 0 Å². The first-order valence-electron chi connectivity index (χ1n) is 43.6. The van der Waals surface area contributed by atoms with Gasteiger partial charge in [0.1, 0.15) is 5.75 Å². The van der Waals surface area contributed by atoms with E-state index in [0.717, 1.165) is 64.2 Å². The Bertz CT molecular complexity index is 3850. The van der Waals surface area contributed by atoms with Crippen LogP contribution < -0.4 is 0 Å². The number of aromatic hydroxyl groups is 1. The standard InChI is InChI=1S/C18H18.C18H22.C16H18.C10H8.C10H14.C9H12O.C9H12.C7H12.3C3H8.2C2H6/c1-3-13-15-9-5-7-11-17(15)14(4-2)18-12-8-6-10-16(13)18;1-3-15-5-9-17(10-6-15)13-14-18-11-7-16(4-2)8-12-18;1-3-13-5-9-15(10-6-13)16-11-7-14(4-2)8-12-16;1-2-6-10-8-4-3-7-9(10)5-1;1-3-9-5-7-10(4-2)8-6-9;1-7(2)8-3-5-9(10)6-4-8;1-8(2)9-6-4-3-5-7-9;1-2-7-4-3-6(1)5-7;3*1-3-2;2*1-2/h5-12H,3-4H2,1-2H3;5-12H,3-4,13-14H2,1-2H3;5-12H,3-4H2,1-2H3;1-8H;5-8H,3-4H2,1-2H3;3-7,10H,1-2H3;3-8H,1-2H3;6-7H,1-5H2;3*3H2,1-2H3;2*1-2H3. The van der Waals surface area contributed by atoms with E-state index in [4.69, 9.17) is 5.11 Å². The van der Waals surface area contributed by atoms with Crippen LogP contribution in [0.5, 0.6) is 5.75 Å². The topological polar surface area (TPSA) is 20.2 Å². The number of rotatable bonds is 14.